The summed E-state index contributed by atoms with van der Waals surface area (Å²) < 4.78 is 2.73. The molecule has 3 aromatic rings. The first-order chi connectivity index (χ1) is 14.3. The van der Waals surface area contributed by atoms with Crippen LogP contribution in [0.2, 0.25) is 0 Å². The molecule has 150 valence electrons. The van der Waals surface area contributed by atoms with Gasteiger partial charge in [-0.2, -0.15) is 5.26 Å². The first kappa shape index (κ1) is 21.0. The van der Waals surface area contributed by atoms with Crippen LogP contribution >= 0.6 is 15.9 Å². The van der Waals surface area contributed by atoms with Gasteiger partial charge in [0.2, 0.25) is 0 Å². The van der Waals surface area contributed by atoms with Crippen molar-refractivity contribution < 1.29 is 9.72 Å². The predicted molar refractivity (Wildman–Crippen MR) is 118 cm³/mol. The minimum absolute atomic E-state index is 0.0114. The average Bonchev–Trinajstić information content (AvgIpc) is 2.99. The van der Waals surface area contributed by atoms with Crippen LogP contribution < -0.4 is 5.32 Å². The number of aromatic nitrogens is 1. The Hall–Kier alpha value is -3.70. The van der Waals surface area contributed by atoms with Crippen molar-refractivity contribution >= 4 is 39.3 Å². The number of nitrogens with one attached hydrogen (secondary N) is 1. The Morgan fingerprint density at radius 3 is 2.50 bits per heavy atom. The molecular formula is C22H17BrN4O3. The first-order valence-corrected chi connectivity index (χ1v) is 9.72. The van der Waals surface area contributed by atoms with E-state index in [-0.39, 0.29) is 11.3 Å². The molecule has 1 N–H and O–H groups in total. The molecule has 30 heavy (non-hydrogen) atoms. The first-order valence-electron chi connectivity index (χ1n) is 8.92. The van der Waals surface area contributed by atoms with Gasteiger partial charge in [0.05, 0.1) is 4.92 Å². The molecule has 3 rings (SSSR count). The summed E-state index contributed by atoms with van der Waals surface area (Å²) in [5.74, 6) is -0.504. The number of non-ortho nitro benzene ring substituents is 1. The lowest BCUT2D eigenvalue weighted by molar-refractivity contribution is -0.384. The van der Waals surface area contributed by atoms with Crippen molar-refractivity contribution in [1.29, 1.82) is 5.26 Å². The zero-order chi connectivity index (χ0) is 21.8. The molecule has 0 saturated carbocycles. The van der Waals surface area contributed by atoms with Crippen LogP contribution in [0.5, 0.6) is 0 Å². The number of hydrogen-bond donors (Lipinski definition) is 1. The van der Waals surface area contributed by atoms with Crippen molar-refractivity contribution in [2.24, 2.45) is 0 Å². The van der Waals surface area contributed by atoms with Crippen LogP contribution in [0.25, 0.3) is 11.8 Å². The SMILES string of the molecule is Cc1cc(/C=C(\C#N)C(=O)Nc2cccc(Br)c2)c(C)n1-c1ccc([N+](=O)[O-])cc1. The molecule has 0 aliphatic heterocycles. The summed E-state index contributed by atoms with van der Waals surface area (Å²) in [5, 5.41) is 23.1. The van der Waals surface area contributed by atoms with E-state index in [4.69, 9.17) is 0 Å². The number of amides is 1. The number of nitro benzene ring substituents is 1. The van der Waals surface area contributed by atoms with Gasteiger partial charge in [0, 0.05) is 39.4 Å². The molecule has 0 aliphatic carbocycles. The molecule has 8 heteroatoms. The standard InChI is InChI=1S/C22H17BrN4O3/c1-14-10-16(15(2)26(14)20-6-8-21(9-7-20)27(29)30)11-17(13-24)22(28)25-19-5-3-4-18(23)12-19/h3-12H,1-2H3,(H,25,28)/b17-11+. The lowest BCUT2D eigenvalue weighted by Crippen LogP contribution is -2.13. The second-order valence-corrected chi connectivity index (χ2v) is 7.49. The van der Waals surface area contributed by atoms with Gasteiger partial charge in [-0.15, -0.1) is 0 Å². The maximum Gasteiger partial charge on any atom is 0.269 e. The molecule has 0 atom stereocenters. The highest BCUT2D eigenvalue weighted by Crippen LogP contribution is 2.25. The molecular weight excluding hydrogens is 448 g/mol. The number of nitriles is 1. The van der Waals surface area contributed by atoms with Gasteiger partial charge in [-0.25, -0.2) is 0 Å². The molecule has 0 saturated heterocycles. The maximum absolute atomic E-state index is 12.5. The third-order valence-electron chi connectivity index (χ3n) is 4.54. The quantitative estimate of drug-likeness (QED) is 0.239. The van der Waals surface area contributed by atoms with E-state index in [2.05, 4.69) is 21.2 Å². The van der Waals surface area contributed by atoms with Gasteiger partial charge < -0.3 is 9.88 Å². The third-order valence-corrected chi connectivity index (χ3v) is 5.03. The summed E-state index contributed by atoms with van der Waals surface area (Å²) in [6.45, 7) is 3.75. The van der Waals surface area contributed by atoms with E-state index in [1.165, 1.54) is 18.2 Å². The smallest absolute Gasteiger partial charge is 0.269 e. The van der Waals surface area contributed by atoms with Gasteiger partial charge >= 0.3 is 0 Å². The topological polar surface area (TPSA) is 101 Å². The molecule has 1 aromatic heterocycles. The molecule has 2 aromatic carbocycles. The molecule has 0 radical (unpaired) electrons. The van der Waals surface area contributed by atoms with Crippen LogP contribution in [0, 0.1) is 35.3 Å². The van der Waals surface area contributed by atoms with Crippen molar-refractivity contribution in [3.8, 4) is 11.8 Å². The van der Waals surface area contributed by atoms with Crippen molar-refractivity contribution in [2.75, 3.05) is 5.32 Å². The van der Waals surface area contributed by atoms with Gasteiger partial charge in [-0.1, -0.05) is 22.0 Å². The van der Waals surface area contributed by atoms with Crippen LogP contribution in [0.15, 0.2) is 64.6 Å². The Bertz CT molecular complexity index is 1200. The van der Waals surface area contributed by atoms with Crippen molar-refractivity contribution in [3.63, 3.8) is 0 Å². The van der Waals surface area contributed by atoms with Crippen LogP contribution in [0.3, 0.4) is 0 Å². The van der Waals surface area contributed by atoms with E-state index >= 15 is 0 Å². The van der Waals surface area contributed by atoms with Gasteiger partial charge in [0.15, 0.2) is 0 Å². The Morgan fingerprint density at radius 2 is 1.90 bits per heavy atom. The summed E-state index contributed by atoms with van der Waals surface area (Å²) in [4.78, 5) is 23.0. The molecule has 1 heterocycles. The van der Waals surface area contributed by atoms with E-state index in [0.717, 1.165) is 21.5 Å². The van der Waals surface area contributed by atoms with Gasteiger partial charge in [-0.3, -0.25) is 14.9 Å². The summed E-state index contributed by atoms with van der Waals surface area (Å²) in [6.07, 6.45) is 1.54. The average molecular weight is 465 g/mol. The van der Waals surface area contributed by atoms with Crippen molar-refractivity contribution in [1.82, 2.24) is 4.57 Å². The monoisotopic (exact) mass is 464 g/mol. The Balaban J connectivity index is 1.92. The van der Waals surface area contributed by atoms with Crippen molar-refractivity contribution in [2.45, 2.75) is 13.8 Å². The minimum atomic E-state index is -0.504. The van der Waals surface area contributed by atoms with Gasteiger partial charge in [0.25, 0.3) is 11.6 Å². The van der Waals surface area contributed by atoms with Crippen molar-refractivity contribution in [3.05, 3.63) is 91.7 Å². The predicted octanol–water partition coefficient (Wildman–Crippen LogP) is 5.31. The fraction of sp³-hybridized carbons (Fsp3) is 0.0909. The molecule has 0 spiro atoms. The second kappa shape index (κ2) is 8.76. The maximum atomic E-state index is 12.5. The summed E-state index contributed by atoms with van der Waals surface area (Å²) in [5.41, 5.74) is 3.71. The fourth-order valence-electron chi connectivity index (χ4n) is 3.12. The lowest BCUT2D eigenvalue weighted by atomic mass is 10.1. The molecule has 0 unspecified atom stereocenters. The molecule has 0 bridgehead atoms. The zero-order valence-electron chi connectivity index (χ0n) is 16.2. The van der Waals surface area contributed by atoms with E-state index in [0.29, 0.717) is 11.3 Å². The number of aryl methyl sites for hydroxylation is 1. The summed E-state index contributed by atoms with van der Waals surface area (Å²) >= 11 is 3.34. The van der Waals surface area contributed by atoms with Gasteiger partial charge in [-0.05, 0) is 61.9 Å². The molecule has 7 nitrogen and oxygen atoms in total. The summed E-state index contributed by atoms with van der Waals surface area (Å²) in [7, 11) is 0. The number of nitrogens with zero attached hydrogens (tertiary/aromatic N) is 3. The third kappa shape index (κ3) is 4.47. The molecule has 0 aliphatic rings. The van der Waals surface area contributed by atoms with E-state index < -0.39 is 10.8 Å². The van der Waals surface area contributed by atoms with Crippen LogP contribution in [-0.4, -0.2) is 15.4 Å². The number of carbonyl (C=O) groups is 1. The van der Waals surface area contributed by atoms with Gasteiger partial charge in [0.1, 0.15) is 11.6 Å². The minimum Gasteiger partial charge on any atom is -0.321 e. The zero-order valence-corrected chi connectivity index (χ0v) is 17.8. The molecule has 0 fully saturated rings. The number of carbonyl (C=O) groups excluding carboxylic acids is 1. The van der Waals surface area contributed by atoms with Crippen LogP contribution in [0.4, 0.5) is 11.4 Å². The number of benzene rings is 2. The molecule has 1 amide bonds. The normalized spacial score (nSPS) is 11.1. The lowest BCUT2D eigenvalue weighted by Gasteiger charge is -2.09. The fourth-order valence-corrected chi connectivity index (χ4v) is 3.52. The summed E-state index contributed by atoms with van der Waals surface area (Å²) in [6, 6.07) is 17.1. The highest BCUT2D eigenvalue weighted by atomic mass is 79.9. The Labute approximate surface area is 181 Å². The number of halogens is 1. The number of anilines is 1. The second-order valence-electron chi connectivity index (χ2n) is 6.57. The number of hydrogen-bond acceptors (Lipinski definition) is 4. The van der Waals surface area contributed by atoms with E-state index in [9.17, 15) is 20.2 Å². The number of nitro groups is 1. The Morgan fingerprint density at radius 1 is 1.20 bits per heavy atom. The Kier molecular flexibility index (Phi) is 6.14. The van der Waals surface area contributed by atoms with E-state index in [1.807, 2.05) is 36.6 Å². The van der Waals surface area contributed by atoms with Crippen LogP contribution in [0.1, 0.15) is 17.0 Å². The number of rotatable bonds is 5. The van der Waals surface area contributed by atoms with Crippen LogP contribution in [-0.2, 0) is 4.79 Å². The highest BCUT2D eigenvalue weighted by Gasteiger charge is 2.15. The largest absolute Gasteiger partial charge is 0.321 e. The highest BCUT2D eigenvalue weighted by molar-refractivity contribution is 9.10. The van der Waals surface area contributed by atoms with E-state index in [1.54, 1.807) is 30.3 Å².